The Bertz CT molecular complexity index is 834. The van der Waals surface area contributed by atoms with Crippen LogP contribution < -0.4 is 0 Å². The van der Waals surface area contributed by atoms with E-state index in [9.17, 15) is 19.7 Å². The first kappa shape index (κ1) is 19.5. The van der Waals surface area contributed by atoms with Crippen LogP contribution >= 0.6 is 11.3 Å². The van der Waals surface area contributed by atoms with Gasteiger partial charge in [-0.3, -0.25) is 14.9 Å². The first-order valence-electron chi connectivity index (χ1n) is 7.94. The Labute approximate surface area is 154 Å². The molecular formula is C17H19N3O5S. The molecule has 0 saturated heterocycles. The number of amides is 1. The average Bonchev–Trinajstić information content (AvgIpc) is 3.09. The molecule has 26 heavy (non-hydrogen) atoms. The number of nitro groups is 1. The van der Waals surface area contributed by atoms with E-state index >= 15 is 0 Å². The summed E-state index contributed by atoms with van der Waals surface area (Å²) < 4.78 is 4.63. The van der Waals surface area contributed by atoms with E-state index in [0.29, 0.717) is 17.1 Å². The predicted octanol–water partition coefficient (Wildman–Crippen LogP) is 3.20. The normalized spacial score (nSPS) is 10.4. The summed E-state index contributed by atoms with van der Waals surface area (Å²) in [5.41, 5.74) is 0.855. The maximum Gasteiger partial charge on any atom is 0.357 e. The third-order valence-corrected chi connectivity index (χ3v) is 4.54. The van der Waals surface area contributed by atoms with Crippen LogP contribution in [0, 0.1) is 17.0 Å². The molecule has 1 amide bonds. The third-order valence-electron chi connectivity index (χ3n) is 3.71. The number of thiazole rings is 1. The van der Waals surface area contributed by atoms with Gasteiger partial charge in [-0.25, -0.2) is 9.78 Å². The van der Waals surface area contributed by atoms with Gasteiger partial charge in [-0.05, 0) is 19.4 Å². The van der Waals surface area contributed by atoms with Crippen molar-refractivity contribution in [1.82, 2.24) is 9.88 Å². The molecule has 0 N–H and O–H groups in total. The lowest BCUT2D eigenvalue weighted by Gasteiger charge is -2.21. The Hall–Kier alpha value is -2.81. The lowest BCUT2D eigenvalue weighted by atomic mass is 10.1. The van der Waals surface area contributed by atoms with Crippen LogP contribution in [0.3, 0.4) is 0 Å². The van der Waals surface area contributed by atoms with Crippen molar-refractivity contribution in [2.75, 3.05) is 13.7 Å². The van der Waals surface area contributed by atoms with Crippen LogP contribution in [-0.4, -0.2) is 40.3 Å². The number of benzene rings is 1. The Morgan fingerprint density at radius 3 is 2.73 bits per heavy atom. The van der Waals surface area contributed by atoms with E-state index in [4.69, 9.17) is 0 Å². The minimum absolute atomic E-state index is 0.0884. The van der Waals surface area contributed by atoms with Crippen LogP contribution in [-0.2, 0) is 11.3 Å². The largest absolute Gasteiger partial charge is 0.464 e. The van der Waals surface area contributed by atoms with Crippen LogP contribution in [0.25, 0.3) is 0 Å². The molecule has 2 aromatic rings. The van der Waals surface area contributed by atoms with E-state index in [1.54, 1.807) is 29.3 Å². The standard InChI is InChI=1S/C17H19N3O5S/c1-4-7-19(9-15-18-13(10-26-15)17(22)25-3)16(21)12-6-5-11(2)14(8-12)20(23)24/h5-6,8,10H,4,7,9H2,1-3H3. The van der Waals surface area contributed by atoms with Crippen LogP contribution in [0.2, 0.25) is 0 Å². The maximum atomic E-state index is 12.8. The van der Waals surface area contributed by atoms with E-state index in [1.807, 2.05) is 6.92 Å². The van der Waals surface area contributed by atoms with E-state index in [2.05, 4.69) is 9.72 Å². The van der Waals surface area contributed by atoms with E-state index < -0.39 is 10.9 Å². The molecule has 0 saturated carbocycles. The molecule has 0 atom stereocenters. The van der Waals surface area contributed by atoms with Gasteiger partial charge in [0.2, 0.25) is 0 Å². The van der Waals surface area contributed by atoms with Crippen molar-refractivity contribution in [2.24, 2.45) is 0 Å². The number of esters is 1. The van der Waals surface area contributed by atoms with Gasteiger partial charge >= 0.3 is 5.97 Å². The van der Waals surface area contributed by atoms with Crippen LogP contribution in [0.4, 0.5) is 5.69 Å². The molecule has 1 heterocycles. The third kappa shape index (κ3) is 4.42. The van der Waals surface area contributed by atoms with Gasteiger partial charge in [-0.15, -0.1) is 11.3 Å². The van der Waals surface area contributed by atoms with Gasteiger partial charge in [-0.1, -0.05) is 13.0 Å². The Morgan fingerprint density at radius 2 is 2.12 bits per heavy atom. The van der Waals surface area contributed by atoms with Crippen molar-refractivity contribution < 1.29 is 19.2 Å². The molecule has 0 radical (unpaired) electrons. The van der Waals surface area contributed by atoms with Crippen molar-refractivity contribution >= 4 is 28.9 Å². The first-order chi connectivity index (χ1) is 12.4. The van der Waals surface area contributed by atoms with E-state index in [1.165, 1.54) is 24.5 Å². The number of aryl methyl sites for hydroxylation is 1. The molecule has 0 fully saturated rings. The lowest BCUT2D eigenvalue weighted by molar-refractivity contribution is -0.385. The minimum Gasteiger partial charge on any atom is -0.464 e. The van der Waals surface area contributed by atoms with Gasteiger partial charge in [0.1, 0.15) is 5.01 Å². The molecule has 9 heteroatoms. The number of nitrogens with zero attached hydrogens (tertiary/aromatic N) is 3. The van der Waals surface area contributed by atoms with Crippen LogP contribution in [0.5, 0.6) is 0 Å². The van der Waals surface area contributed by atoms with Crippen LogP contribution in [0.15, 0.2) is 23.6 Å². The topological polar surface area (TPSA) is 103 Å². The maximum absolute atomic E-state index is 12.8. The highest BCUT2D eigenvalue weighted by Gasteiger charge is 2.21. The lowest BCUT2D eigenvalue weighted by Crippen LogP contribution is -2.31. The summed E-state index contributed by atoms with van der Waals surface area (Å²) in [5.74, 6) is -0.847. The highest BCUT2D eigenvalue weighted by atomic mass is 32.1. The molecule has 1 aromatic heterocycles. The number of hydrogen-bond donors (Lipinski definition) is 0. The summed E-state index contributed by atoms with van der Waals surface area (Å²) in [4.78, 5) is 40.7. The number of carbonyl (C=O) groups excluding carboxylic acids is 2. The molecule has 0 bridgehead atoms. The molecule has 0 aliphatic heterocycles. The first-order valence-corrected chi connectivity index (χ1v) is 8.82. The van der Waals surface area contributed by atoms with Gasteiger partial charge < -0.3 is 9.64 Å². The average molecular weight is 377 g/mol. The van der Waals surface area contributed by atoms with Crippen molar-refractivity contribution in [2.45, 2.75) is 26.8 Å². The Balaban J connectivity index is 2.25. The molecule has 2 rings (SSSR count). The summed E-state index contributed by atoms with van der Waals surface area (Å²) >= 11 is 1.26. The zero-order chi connectivity index (χ0) is 19.3. The number of aromatic nitrogens is 1. The molecule has 138 valence electrons. The van der Waals surface area contributed by atoms with Gasteiger partial charge in [-0.2, -0.15) is 0 Å². The van der Waals surface area contributed by atoms with Gasteiger partial charge in [0, 0.05) is 29.1 Å². The number of nitro benzene ring substituents is 1. The second kappa shape index (κ2) is 8.52. The quantitative estimate of drug-likeness (QED) is 0.417. The Kier molecular flexibility index (Phi) is 6.40. The number of rotatable bonds is 7. The molecule has 0 aliphatic rings. The Morgan fingerprint density at radius 1 is 1.38 bits per heavy atom. The predicted molar refractivity (Wildman–Crippen MR) is 96.3 cm³/mol. The number of hydrogen-bond acceptors (Lipinski definition) is 7. The van der Waals surface area contributed by atoms with Crippen molar-refractivity contribution in [1.29, 1.82) is 0 Å². The monoisotopic (exact) mass is 377 g/mol. The number of carbonyl (C=O) groups is 2. The van der Waals surface area contributed by atoms with Crippen molar-refractivity contribution in [3.63, 3.8) is 0 Å². The molecule has 0 aliphatic carbocycles. The fourth-order valence-corrected chi connectivity index (χ4v) is 3.17. The summed E-state index contributed by atoms with van der Waals surface area (Å²) in [6.07, 6.45) is 0.717. The van der Waals surface area contributed by atoms with Gasteiger partial charge in [0.25, 0.3) is 11.6 Å². The van der Waals surface area contributed by atoms with E-state index in [-0.39, 0.29) is 29.4 Å². The molecule has 8 nitrogen and oxygen atoms in total. The smallest absolute Gasteiger partial charge is 0.357 e. The fraction of sp³-hybridized carbons (Fsp3) is 0.353. The summed E-state index contributed by atoms with van der Waals surface area (Å²) in [6.45, 7) is 4.24. The van der Waals surface area contributed by atoms with Crippen molar-refractivity contribution in [3.8, 4) is 0 Å². The van der Waals surface area contributed by atoms with Gasteiger partial charge in [0.15, 0.2) is 5.69 Å². The molecular weight excluding hydrogens is 358 g/mol. The molecule has 1 aromatic carbocycles. The highest BCUT2D eigenvalue weighted by molar-refractivity contribution is 7.09. The fourth-order valence-electron chi connectivity index (χ4n) is 2.39. The summed E-state index contributed by atoms with van der Waals surface area (Å²) in [5, 5.41) is 13.3. The minimum atomic E-state index is -0.532. The summed E-state index contributed by atoms with van der Waals surface area (Å²) in [6, 6.07) is 4.44. The highest BCUT2D eigenvalue weighted by Crippen LogP contribution is 2.21. The zero-order valence-electron chi connectivity index (χ0n) is 14.7. The summed E-state index contributed by atoms with van der Waals surface area (Å²) in [7, 11) is 1.28. The SMILES string of the molecule is CCCN(Cc1nc(C(=O)OC)cs1)C(=O)c1ccc(C)c([N+](=O)[O-])c1. The molecule has 0 spiro atoms. The zero-order valence-corrected chi connectivity index (χ0v) is 15.5. The van der Waals surface area contributed by atoms with Crippen molar-refractivity contribution in [3.05, 3.63) is 55.5 Å². The number of ether oxygens (including phenoxy) is 1. The van der Waals surface area contributed by atoms with Gasteiger partial charge in [0.05, 0.1) is 18.6 Å². The van der Waals surface area contributed by atoms with E-state index in [0.717, 1.165) is 6.42 Å². The van der Waals surface area contributed by atoms with Crippen LogP contribution in [0.1, 0.15) is 44.8 Å². The second-order valence-electron chi connectivity index (χ2n) is 5.60. The number of methoxy groups -OCH3 is 1. The second-order valence-corrected chi connectivity index (χ2v) is 6.55. The molecule has 0 unspecified atom stereocenters.